The number of nitrogens with one attached hydrogen (secondary N) is 1. The lowest BCUT2D eigenvalue weighted by atomic mass is 10.0. The number of methoxy groups -OCH3 is 2. The molecule has 1 saturated heterocycles. The van der Waals surface area contributed by atoms with Crippen molar-refractivity contribution in [1.29, 1.82) is 0 Å². The lowest BCUT2D eigenvalue weighted by molar-refractivity contribution is -0.114. The van der Waals surface area contributed by atoms with Crippen molar-refractivity contribution in [2.75, 3.05) is 57.2 Å². The van der Waals surface area contributed by atoms with Gasteiger partial charge in [-0.25, -0.2) is 23.2 Å². The number of piperazine rings is 1. The largest absolute Gasteiger partial charge is 0.493 e. The highest BCUT2D eigenvalue weighted by atomic mass is 35.5. The summed E-state index contributed by atoms with van der Waals surface area (Å²) in [7, 11) is -0.803. The fourth-order valence-electron chi connectivity index (χ4n) is 4.56. The Hall–Kier alpha value is -3.94. The van der Waals surface area contributed by atoms with Gasteiger partial charge in [0.1, 0.15) is 5.56 Å². The van der Waals surface area contributed by atoms with E-state index in [1.807, 2.05) is 4.90 Å². The molecule has 1 N–H and O–H groups in total. The van der Waals surface area contributed by atoms with Gasteiger partial charge in [-0.2, -0.15) is 4.31 Å². The van der Waals surface area contributed by atoms with Gasteiger partial charge in [0.2, 0.25) is 21.9 Å². The Morgan fingerprint density at radius 1 is 1.00 bits per heavy atom. The number of sulfonamides is 1. The number of aromatic nitrogens is 2. The van der Waals surface area contributed by atoms with E-state index in [1.54, 1.807) is 32.0 Å². The molecule has 4 rings (SSSR count). The molecule has 1 amide bonds. The summed E-state index contributed by atoms with van der Waals surface area (Å²) in [6.07, 6.45) is 0. The van der Waals surface area contributed by atoms with Crippen LogP contribution in [-0.4, -0.2) is 81.6 Å². The summed E-state index contributed by atoms with van der Waals surface area (Å²) in [5, 5.41) is 2.69. The van der Waals surface area contributed by atoms with Gasteiger partial charge >= 0.3 is 5.97 Å². The van der Waals surface area contributed by atoms with Crippen molar-refractivity contribution in [3.05, 3.63) is 52.7 Å². The Bertz CT molecular complexity index is 1610. The first-order valence-electron chi connectivity index (χ1n) is 13.1. The molecular weight excluding hydrogens is 586 g/mol. The average Bonchev–Trinajstić information content (AvgIpc) is 2.97. The van der Waals surface area contributed by atoms with Gasteiger partial charge in [-0.3, -0.25) is 4.79 Å². The van der Waals surface area contributed by atoms with Gasteiger partial charge in [0, 0.05) is 38.7 Å². The van der Waals surface area contributed by atoms with Gasteiger partial charge in [0.15, 0.2) is 11.5 Å². The minimum Gasteiger partial charge on any atom is -0.493 e. The zero-order valence-corrected chi connectivity index (χ0v) is 25.5. The highest BCUT2D eigenvalue weighted by Crippen LogP contribution is 2.35. The number of benzene rings is 2. The maximum atomic E-state index is 13.4. The van der Waals surface area contributed by atoms with E-state index in [9.17, 15) is 18.0 Å². The molecule has 0 atom stereocenters. The standard InChI is InChI=1S/C28H32ClN5O7S/c1-6-41-27(36)25-17(2)30-28(32-26(25)19-7-10-23(39-4)24(15-19)40-5)33-11-13-34(14-12-33)42(37,38)20-8-9-22(21(29)16-20)31-18(3)35/h7-10,15-16H,6,11-14H2,1-5H3,(H,31,35). The number of carbonyl (C=O) groups excluding carboxylic acids is 2. The molecule has 1 aliphatic heterocycles. The van der Waals surface area contributed by atoms with Crippen LogP contribution in [0.15, 0.2) is 41.3 Å². The molecule has 3 aromatic rings. The molecule has 0 unspecified atom stereocenters. The zero-order chi connectivity index (χ0) is 30.6. The van der Waals surface area contributed by atoms with Gasteiger partial charge < -0.3 is 24.4 Å². The molecule has 42 heavy (non-hydrogen) atoms. The number of halogens is 1. The van der Waals surface area contributed by atoms with Crippen LogP contribution in [0.2, 0.25) is 5.02 Å². The minimum atomic E-state index is -3.85. The predicted octanol–water partition coefficient (Wildman–Crippen LogP) is 3.77. The van der Waals surface area contributed by atoms with E-state index in [0.29, 0.717) is 53.2 Å². The van der Waals surface area contributed by atoms with Crippen LogP contribution in [0, 0.1) is 6.92 Å². The van der Waals surface area contributed by atoms with Gasteiger partial charge in [-0.1, -0.05) is 11.6 Å². The molecule has 1 aromatic heterocycles. The summed E-state index contributed by atoms with van der Waals surface area (Å²) in [5.74, 6) is 0.473. The molecule has 0 saturated carbocycles. The number of rotatable bonds is 9. The summed E-state index contributed by atoms with van der Waals surface area (Å²) in [5.41, 5.74) is 1.95. The van der Waals surface area contributed by atoms with Crippen molar-refractivity contribution in [2.45, 2.75) is 25.7 Å². The molecule has 224 valence electrons. The van der Waals surface area contributed by atoms with Crippen LogP contribution in [0.1, 0.15) is 29.9 Å². The molecule has 2 heterocycles. The minimum absolute atomic E-state index is 0.0247. The number of nitrogens with zero attached hydrogens (tertiary/aromatic N) is 4. The summed E-state index contributed by atoms with van der Waals surface area (Å²) >= 11 is 6.22. The number of anilines is 2. The highest BCUT2D eigenvalue weighted by Gasteiger charge is 2.31. The number of carbonyl (C=O) groups is 2. The number of esters is 1. The Morgan fingerprint density at radius 3 is 2.29 bits per heavy atom. The highest BCUT2D eigenvalue weighted by molar-refractivity contribution is 7.89. The fourth-order valence-corrected chi connectivity index (χ4v) is 6.31. The molecule has 0 radical (unpaired) electrons. The lowest BCUT2D eigenvalue weighted by Gasteiger charge is -2.34. The van der Waals surface area contributed by atoms with Crippen LogP contribution < -0.4 is 19.7 Å². The summed E-state index contributed by atoms with van der Waals surface area (Å²) in [6.45, 7) is 5.90. The number of hydrogen-bond donors (Lipinski definition) is 1. The summed E-state index contributed by atoms with van der Waals surface area (Å²) in [4.78, 5) is 35.5. The van der Waals surface area contributed by atoms with Crippen LogP contribution in [0.25, 0.3) is 11.3 Å². The predicted molar refractivity (Wildman–Crippen MR) is 158 cm³/mol. The molecule has 2 aromatic carbocycles. The van der Waals surface area contributed by atoms with Crippen LogP contribution in [0.3, 0.4) is 0 Å². The topological polar surface area (TPSA) is 140 Å². The van der Waals surface area contributed by atoms with Crippen molar-refractivity contribution < 1.29 is 32.2 Å². The van der Waals surface area contributed by atoms with Gasteiger partial charge in [-0.15, -0.1) is 0 Å². The van der Waals surface area contributed by atoms with E-state index in [2.05, 4.69) is 10.3 Å². The van der Waals surface area contributed by atoms with E-state index in [1.165, 1.54) is 43.6 Å². The molecule has 1 fully saturated rings. The van der Waals surface area contributed by atoms with Crippen molar-refractivity contribution in [1.82, 2.24) is 14.3 Å². The third-order valence-corrected chi connectivity index (χ3v) is 8.83. The maximum absolute atomic E-state index is 13.4. The van der Waals surface area contributed by atoms with E-state index >= 15 is 0 Å². The first-order chi connectivity index (χ1) is 20.0. The number of ether oxygens (including phenoxy) is 3. The Morgan fingerprint density at radius 2 is 1.69 bits per heavy atom. The Labute approximate surface area is 249 Å². The molecule has 0 spiro atoms. The van der Waals surface area contributed by atoms with Crippen molar-refractivity contribution >= 4 is 45.1 Å². The number of amides is 1. The maximum Gasteiger partial charge on any atom is 0.342 e. The molecule has 14 heteroatoms. The summed E-state index contributed by atoms with van der Waals surface area (Å²) in [6, 6.07) is 9.41. The third-order valence-electron chi connectivity index (χ3n) is 6.63. The van der Waals surface area contributed by atoms with Crippen molar-refractivity contribution in [3.63, 3.8) is 0 Å². The first kappa shape index (κ1) is 31.0. The van der Waals surface area contributed by atoms with Gasteiger partial charge in [0.05, 0.1) is 47.8 Å². The third kappa shape index (κ3) is 6.42. The molecule has 0 bridgehead atoms. The first-order valence-corrected chi connectivity index (χ1v) is 14.9. The van der Waals surface area contributed by atoms with E-state index in [-0.39, 0.29) is 41.1 Å². The van der Waals surface area contributed by atoms with E-state index in [4.69, 9.17) is 30.8 Å². The molecule has 12 nitrogen and oxygen atoms in total. The van der Waals surface area contributed by atoms with Crippen LogP contribution >= 0.6 is 11.6 Å². The van der Waals surface area contributed by atoms with Crippen molar-refractivity contribution in [2.24, 2.45) is 0 Å². The molecular formula is C28H32ClN5O7S. The van der Waals surface area contributed by atoms with Crippen LogP contribution in [0.4, 0.5) is 11.6 Å². The van der Waals surface area contributed by atoms with Crippen LogP contribution in [0.5, 0.6) is 11.5 Å². The fraction of sp³-hybridized carbons (Fsp3) is 0.357. The number of aryl methyl sites for hydroxylation is 1. The second-order valence-corrected chi connectivity index (χ2v) is 11.7. The Kier molecular flexibility index (Phi) is 9.54. The lowest BCUT2D eigenvalue weighted by Crippen LogP contribution is -2.49. The zero-order valence-electron chi connectivity index (χ0n) is 23.9. The number of hydrogen-bond acceptors (Lipinski definition) is 10. The van der Waals surface area contributed by atoms with E-state index < -0.39 is 16.0 Å². The summed E-state index contributed by atoms with van der Waals surface area (Å²) < 4.78 is 44.2. The monoisotopic (exact) mass is 617 g/mol. The molecule has 1 aliphatic rings. The van der Waals surface area contributed by atoms with Crippen molar-refractivity contribution in [3.8, 4) is 22.8 Å². The SMILES string of the molecule is CCOC(=O)c1c(C)nc(N2CCN(S(=O)(=O)c3ccc(NC(C)=O)c(Cl)c3)CC2)nc1-c1ccc(OC)c(OC)c1. The quantitative estimate of drug-likeness (QED) is 0.353. The van der Waals surface area contributed by atoms with Crippen LogP contribution in [-0.2, 0) is 19.6 Å². The average molecular weight is 618 g/mol. The smallest absolute Gasteiger partial charge is 0.342 e. The Balaban J connectivity index is 1.62. The molecule has 0 aliphatic carbocycles. The van der Waals surface area contributed by atoms with Gasteiger partial charge in [0.25, 0.3) is 0 Å². The van der Waals surface area contributed by atoms with Gasteiger partial charge in [-0.05, 0) is 50.2 Å². The second kappa shape index (κ2) is 12.9. The van der Waals surface area contributed by atoms with E-state index in [0.717, 1.165) is 0 Å². The second-order valence-electron chi connectivity index (χ2n) is 9.34. The normalized spacial score (nSPS) is 13.9.